The SMILES string of the molecule is COC(=O)NC1=C2/C(=C/CSSSC)[C@@](O)(C#C/C=C/C#C[C@@H]2O)CC1=O. The van der Waals surface area contributed by atoms with Crippen LogP contribution in [0.2, 0.25) is 0 Å². The van der Waals surface area contributed by atoms with Gasteiger partial charge in [0.1, 0.15) is 6.10 Å². The third-order valence-electron chi connectivity index (χ3n) is 3.61. The second kappa shape index (κ2) is 9.98. The molecular formula is C18H17NO5S3. The number of hydrogen-bond donors (Lipinski definition) is 3. The Labute approximate surface area is 169 Å². The molecule has 0 aromatic rings. The predicted molar refractivity (Wildman–Crippen MR) is 109 cm³/mol. The quantitative estimate of drug-likeness (QED) is 0.350. The first-order valence-corrected chi connectivity index (χ1v) is 11.7. The highest BCUT2D eigenvalue weighted by Gasteiger charge is 2.44. The molecule has 2 atom stereocenters. The van der Waals surface area contributed by atoms with Crippen molar-refractivity contribution < 1.29 is 24.5 Å². The largest absolute Gasteiger partial charge is 0.453 e. The van der Waals surface area contributed by atoms with Gasteiger partial charge in [0.15, 0.2) is 11.4 Å². The molecule has 0 radical (unpaired) electrons. The van der Waals surface area contributed by atoms with Gasteiger partial charge in [-0.3, -0.25) is 10.1 Å². The summed E-state index contributed by atoms with van der Waals surface area (Å²) in [6, 6.07) is 0. The van der Waals surface area contributed by atoms with Gasteiger partial charge in [-0.1, -0.05) is 51.3 Å². The molecule has 0 heterocycles. The van der Waals surface area contributed by atoms with Crippen LogP contribution >= 0.6 is 31.4 Å². The molecule has 2 aliphatic carbocycles. The third kappa shape index (κ3) is 5.38. The molecule has 1 amide bonds. The van der Waals surface area contributed by atoms with Crippen LogP contribution in [0.1, 0.15) is 6.42 Å². The predicted octanol–water partition coefficient (Wildman–Crippen LogP) is 1.82. The first-order valence-electron chi connectivity index (χ1n) is 7.67. The van der Waals surface area contributed by atoms with Crippen LogP contribution in [0.25, 0.3) is 0 Å². The Kier molecular flexibility index (Phi) is 7.96. The smallest absolute Gasteiger partial charge is 0.411 e. The summed E-state index contributed by atoms with van der Waals surface area (Å²) in [5.41, 5.74) is -1.64. The van der Waals surface area contributed by atoms with Crippen LogP contribution in [-0.2, 0) is 9.53 Å². The highest BCUT2D eigenvalue weighted by molar-refractivity contribution is 9.09. The van der Waals surface area contributed by atoms with Gasteiger partial charge in [0.25, 0.3) is 0 Å². The average Bonchev–Trinajstić information content (AvgIpc) is 2.63. The number of carbonyl (C=O) groups is 2. The molecule has 27 heavy (non-hydrogen) atoms. The second-order valence-electron chi connectivity index (χ2n) is 5.30. The van der Waals surface area contributed by atoms with E-state index in [0.717, 1.165) is 7.11 Å². The zero-order valence-electron chi connectivity index (χ0n) is 14.6. The number of rotatable bonds is 5. The zero-order chi connectivity index (χ0) is 19.9. The minimum absolute atomic E-state index is 0.0333. The summed E-state index contributed by atoms with van der Waals surface area (Å²) in [4.78, 5) is 24.3. The fourth-order valence-electron chi connectivity index (χ4n) is 2.52. The van der Waals surface area contributed by atoms with E-state index in [0.29, 0.717) is 5.75 Å². The maximum Gasteiger partial charge on any atom is 0.411 e. The highest BCUT2D eigenvalue weighted by atomic mass is 33.5. The number of ketones is 1. The number of carbonyl (C=O) groups excluding carboxylic acids is 2. The van der Waals surface area contributed by atoms with Crippen LogP contribution in [0.5, 0.6) is 0 Å². The lowest BCUT2D eigenvalue weighted by atomic mass is 9.75. The van der Waals surface area contributed by atoms with Crippen LogP contribution in [0.3, 0.4) is 0 Å². The number of nitrogens with one attached hydrogen (secondary N) is 1. The first kappa shape index (κ1) is 21.5. The Morgan fingerprint density at radius 3 is 2.93 bits per heavy atom. The molecule has 0 unspecified atom stereocenters. The Balaban J connectivity index is 2.65. The third-order valence-corrected chi connectivity index (χ3v) is 7.34. The lowest BCUT2D eigenvalue weighted by Crippen LogP contribution is -2.45. The van der Waals surface area contributed by atoms with Crippen LogP contribution in [-0.4, -0.2) is 52.9 Å². The van der Waals surface area contributed by atoms with Crippen molar-refractivity contribution in [2.45, 2.75) is 18.1 Å². The summed E-state index contributed by atoms with van der Waals surface area (Å²) in [6.45, 7) is 0. The van der Waals surface area contributed by atoms with E-state index in [1.807, 2.05) is 6.26 Å². The monoisotopic (exact) mass is 423 g/mol. The summed E-state index contributed by atoms with van der Waals surface area (Å²) in [6.07, 6.45) is 3.89. The number of aliphatic hydroxyl groups excluding tert-OH is 1. The van der Waals surface area contributed by atoms with E-state index >= 15 is 0 Å². The number of fused-ring (bicyclic) bond motifs is 2. The number of methoxy groups -OCH3 is 1. The van der Waals surface area contributed by atoms with Crippen molar-refractivity contribution in [3.05, 3.63) is 35.1 Å². The van der Waals surface area contributed by atoms with Crippen molar-refractivity contribution in [2.75, 3.05) is 19.1 Å². The van der Waals surface area contributed by atoms with Crippen molar-refractivity contribution in [3.63, 3.8) is 0 Å². The fraction of sp³-hybridized carbons (Fsp3) is 0.333. The standard InChI is InChI=1S/C18H17NO5S3/c1-24-17(22)19-16-14(21)11-18(23)9-6-4-3-5-7-13(20)15(16)12(18)8-10-26-27-25-2/h3-4,8,13,20,23H,10-11H2,1-2H3,(H,19,22)/b4-3+,12-8-/t13-,18+/m0/s1. The van der Waals surface area contributed by atoms with Crippen LogP contribution in [0.15, 0.2) is 35.1 Å². The minimum Gasteiger partial charge on any atom is -0.453 e. The molecule has 0 aromatic heterocycles. The minimum atomic E-state index is -1.79. The summed E-state index contributed by atoms with van der Waals surface area (Å²) >= 11 is 0. The van der Waals surface area contributed by atoms with Crippen molar-refractivity contribution in [2.24, 2.45) is 0 Å². The van der Waals surface area contributed by atoms with E-state index in [-0.39, 0.29) is 23.3 Å². The topological polar surface area (TPSA) is 95.9 Å². The molecular weight excluding hydrogens is 406 g/mol. The number of aliphatic hydroxyl groups is 2. The number of allylic oxidation sites excluding steroid dienone is 3. The van der Waals surface area contributed by atoms with Crippen molar-refractivity contribution in [3.8, 4) is 23.7 Å². The van der Waals surface area contributed by atoms with Crippen LogP contribution in [0, 0.1) is 23.7 Å². The highest BCUT2D eigenvalue weighted by Crippen LogP contribution is 2.39. The molecule has 2 aliphatic rings. The lowest BCUT2D eigenvalue weighted by Gasteiger charge is -2.34. The maximum absolute atomic E-state index is 12.6. The van der Waals surface area contributed by atoms with Crippen LogP contribution in [0.4, 0.5) is 4.79 Å². The van der Waals surface area contributed by atoms with Gasteiger partial charge in [0.2, 0.25) is 0 Å². The average molecular weight is 424 g/mol. The molecule has 0 spiro atoms. The molecule has 2 bridgehead atoms. The number of hydrogen-bond acceptors (Lipinski definition) is 8. The number of amides is 1. The molecule has 0 aromatic carbocycles. The fourth-order valence-corrected chi connectivity index (χ4v) is 4.94. The molecule has 0 aliphatic heterocycles. The van der Waals surface area contributed by atoms with E-state index in [1.54, 1.807) is 26.7 Å². The van der Waals surface area contributed by atoms with Gasteiger partial charge in [-0.25, -0.2) is 4.79 Å². The summed E-state index contributed by atoms with van der Waals surface area (Å²) in [5, 5.41) is 24.0. The lowest BCUT2D eigenvalue weighted by molar-refractivity contribution is -0.119. The molecule has 0 saturated heterocycles. The maximum atomic E-state index is 12.6. The van der Waals surface area contributed by atoms with E-state index in [1.165, 1.54) is 22.9 Å². The van der Waals surface area contributed by atoms with Gasteiger partial charge >= 0.3 is 6.09 Å². The first-order chi connectivity index (χ1) is 12.9. The Hall–Kier alpha value is -1.75. The molecule has 142 valence electrons. The van der Waals surface area contributed by atoms with Crippen LogP contribution < -0.4 is 5.32 Å². The van der Waals surface area contributed by atoms with Crippen molar-refractivity contribution >= 4 is 43.3 Å². The molecule has 3 N–H and O–H groups in total. The van der Waals surface area contributed by atoms with E-state index in [9.17, 15) is 19.8 Å². The summed E-state index contributed by atoms with van der Waals surface area (Å²) in [5.74, 6) is 10.5. The van der Waals surface area contributed by atoms with Gasteiger partial charge in [-0.05, 0) is 28.2 Å². The molecule has 9 heteroatoms. The van der Waals surface area contributed by atoms with Gasteiger partial charge in [-0.2, -0.15) is 0 Å². The number of alkyl carbamates (subject to hydrolysis) is 1. The summed E-state index contributed by atoms with van der Waals surface area (Å²) in [7, 11) is 5.81. The van der Waals surface area contributed by atoms with Crippen molar-refractivity contribution in [1.82, 2.24) is 5.32 Å². The van der Waals surface area contributed by atoms with E-state index in [4.69, 9.17) is 0 Å². The van der Waals surface area contributed by atoms with Gasteiger partial charge in [0, 0.05) is 16.9 Å². The molecule has 6 nitrogen and oxygen atoms in total. The summed E-state index contributed by atoms with van der Waals surface area (Å²) < 4.78 is 4.56. The zero-order valence-corrected chi connectivity index (χ0v) is 17.0. The molecule has 0 fully saturated rings. The molecule has 2 rings (SSSR count). The second-order valence-corrected chi connectivity index (χ2v) is 9.67. The van der Waals surface area contributed by atoms with Gasteiger partial charge < -0.3 is 14.9 Å². The van der Waals surface area contributed by atoms with Crippen molar-refractivity contribution in [1.29, 1.82) is 0 Å². The Morgan fingerprint density at radius 1 is 1.48 bits per heavy atom. The molecule has 0 saturated carbocycles. The Morgan fingerprint density at radius 2 is 2.22 bits per heavy atom. The number of Topliss-reactive ketones (excluding diaryl/α,β-unsaturated/α-hetero) is 1. The number of ether oxygens (including phenoxy) is 1. The van der Waals surface area contributed by atoms with Gasteiger partial charge in [0.05, 0.1) is 19.2 Å². The normalized spacial score (nSPS) is 26.4. The van der Waals surface area contributed by atoms with Gasteiger partial charge in [-0.15, -0.1) is 0 Å². The van der Waals surface area contributed by atoms with E-state index < -0.39 is 23.6 Å². The Bertz CT molecular complexity index is 841. The van der Waals surface area contributed by atoms with E-state index in [2.05, 4.69) is 33.7 Å².